The van der Waals surface area contributed by atoms with Gasteiger partial charge in [0.15, 0.2) is 0 Å². The Morgan fingerprint density at radius 2 is 1.90 bits per heavy atom. The number of nitrogens with zero attached hydrogens (tertiary/aromatic N) is 1. The Hall–Kier alpha value is -1.11. The number of benzene rings is 1. The number of carbonyl (C=O) groups is 1. The first-order valence-electron chi connectivity index (χ1n) is 6.29. The van der Waals surface area contributed by atoms with Crippen LogP contribution in [0.5, 0.6) is 0 Å². The number of amides is 1. The lowest BCUT2D eigenvalue weighted by Gasteiger charge is -2.31. The summed E-state index contributed by atoms with van der Waals surface area (Å²) in [5, 5.41) is 0. The molecule has 1 fully saturated rings. The van der Waals surface area contributed by atoms with E-state index in [0.717, 1.165) is 12.8 Å². The number of carbonyl (C=O) groups excluding carboxylic acids is 1. The molecule has 1 amide bonds. The first-order chi connectivity index (χ1) is 9.43. The van der Waals surface area contributed by atoms with Gasteiger partial charge in [-0.2, -0.15) is 0 Å². The molecule has 0 atom stereocenters. The van der Waals surface area contributed by atoms with Crippen molar-refractivity contribution >= 4 is 25.6 Å². The minimum atomic E-state index is -3.93. The number of ether oxygens (including phenoxy) is 1. The van der Waals surface area contributed by atoms with Crippen molar-refractivity contribution in [1.29, 1.82) is 0 Å². The SMILES string of the molecule is COC1CCN(C(=O)c2ccccc2S(=O)(=O)Cl)CC1. The van der Waals surface area contributed by atoms with Crippen LogP contribution in [0, 0.1) is 0 Å². The number of piperidine rings is 1. The van der Waals surface area contributed by atoms with Gasteiger partial charge in [-0.25, -0.2) is 8.42 Å². The minimum Gasteiger partial charge on any atom is -0.381 e. The standard InChI is InChI=1S/C13H16ClNO4S/c1-19-10-6-8-15(9-7-10)13(16)11-4-2-3-5-12(11)20(14,17)18/h2-5,10H,6-9H2,1H3. The fraction of sp³-hybridized carbons (Fsp3) is 0.462. The highest BCUT2D eigenvalue weighted by atomic mass is 35.7. The molecule has 1 aromatic rings. The van der Waals surface area contributed by atoms with Gasteiger partial charge in [0.2, 0.25) is 0 Å². The van der Waals surface area contributed by atoms with E-state index in [9.17, 15) is 13.2 Å². The summed E-state index contributed by atoms with van der Waals surface area (Å²) in [6.07, 6.45) is 1.65. The molecule has 2 rings (SSSR count). The van der Waals surface area contributed by atoms with Crippen LogP contribution in [0.15, 0.2) is 29.2 Å². The maximum Gasteiger partial charge on any atom is 0.262 e. The molecule has 5 nitrogen and oxygen atoms in total. The lowest BCUT2D eigenvalue weighted by atomic mass is 10.1. The molecule has 1 heterocycles. The molecule has 0 aliphatic carbocycles. The molecule has 110 valence electrons. The summed E-state index contributed by atoms with van der Waals surface area (Å²) in [4.78, 5) is 13.9. The number of methoxy groups -OCH3 is 1. The van der Waals surface area contributed by atoms with Gasteiger partial charge in [0, 0.05) is 30.9 Å². The summed E-state index contributed by atoms with van der Waals surface area (Å²) < 4.78 is 28.3. The molecule has 0 radical (unpaired) electrons. The lowest BCUT2D eigenvalue weighted by Crippen LogP contribution is -2.41. The Kier molecular flexibility index (Phi) is 4.67. The molecule has 0 saturated carbocycles. The molecule has 1 saturated heterocycles. The van der Waals surface area contributed by atoms with Crippen LogP contribution >= 0.6 is 10.7 Å². The quantitative estimate of drug-likeness (QED) is 0.798. The van der Waals surface area contributed by atoms with E-state index < -0.39 is 9.05 Å². The molecule has 1 aliphatic rings. The molecule has 7 heteroatoms. The largest absolute Gasteiger partial charge is 0.381 e. The van der Waals surface area contributed by atoms with Gasteiger partial charge in [-0.1, -0.05) is 12.1 Å². The first kappa shape index (κ1) is 15.3. The number of likely N-dealkylation sites (tertiary alicyclic amines) is 1. The van der Waals surface area contributed by atoms with E-state index in [1.54, 1.807) is 24.1 Å². The van der Waals surface area contributed by atoms with Gasteiger partial charge in [-0.3, -0.25) is 4.79 Å². The van der Waals surface area contributed by atoms with Crippen molar-refractivity contribution in [2.45, 2.75) is 23.8 Å². The Morgan fingerprint density at radius 1 is 1.30 bits per heavy atom. The van der Waals surface area contributed by atoms with Crippen molar-refractivity contribution < 1.29 is 17.9 Å². The highest BCUT2D eigenvalue weighted by molar-refractivity contribution is 8.13. The molecule has 0 bridgehead atoms. The summed E-state index contributed by atoms with van der Waals surface area (Å²) in [6.45, 7) is 1.10. The monoisotopic (exact) mass is 317 g/mol. The highest BCUT2D eigenvalue weighted by Crippen LogP contribution is 2.23. The summed E-state index contributed by atoms with van der Waals surface area (Å²) in [6, 6.07) is 6.00. The second-order valence-corrected chi connectivity index (χ2v) is 7.20. The summed E-state index contributed by atoms with van der Waals surface area (Å²) in [5.41, 5.74) is 0.123. The average Bonchev–Trinajstić information content (AvgIpc) is 2.46. The van der Waals surface area contributed by atoms with Gasteiger partial charge < -0.3 is 9.64 Å². The number of halogens is 1. The Labute approximate surface area is 122 Å². The highest BCUT2D eigenvalue weighted by Gasteiger charge is 2.27. The van der Waals surface area contributed by atoms with E-state index in [1.165, 1.54) is 12.1 Å². The van der Waals surface area contributed by atoms with Crippen molar-refractivity contribution in [3.05, 3.63) is 29.8 Å². The fourth-order valence-electron chi connectivity index (χ4n) is 2.32. The first-order valence-corrected chi connectivity index (χ1v) is 8.60. The third-order valence-electron chi connectivity index (χ3n) is 3.44. The molecule has 0 unspecified atom stereocenters. The van der Waals surface area contributed by atoms with Gasteiger partial charge in [0.1, 0.15) is 0 Å². The molecular formula is C13H16ClNO4S. The third kappa shape index (κ3) is 3.31. The Morgan fingerprint density at radius 3 is 2.45 bits per heavy atom. The smallest absolute Gasteiger partial charge is 0.262 e. The fourth-order valence-corrected chi connectivity index (χ4v) is 3.38. The van der Waals surface area contributed by atoms with Crippen molar-refractivity contribution in [2.75, 3.05) is 20.2 Å². The second-order valence-electron chi connectivity index (χ2n) is 4.66. The zero-order valence-electron chi connectivity index (χ0n) is 11.1. The van der Waals surface area contributed by atoms with Crippen molar-refractivity contribution in [3.63, 3.8) is 0 Å². The molecule has 0 spiro atoms. The lowest BCUT2D eigenvalue weighted by molar-refractivity contribution is 0.0349. The second kappa shape index (κ2) is 6.11. The average molecular weight is 318 g/mol. The van der Waals surface area contributed by atoms with Gasteiger partial charge in [-0.05, 0) is 25.0 Å². The van der Waals surface area contributed by atoms with Crippen LogP contribution in [-0.4, -0.2) is 45.5 Å². The summed E-state index contributed by atoms with van der Waals surface area (Å²) in [5.74, 6) is -0.306. The van der Waals surface area contributed by atoms with Crippen LogP contribution in [0.4, 0.5) is 0 Å². The zero-order chi connectivity index (χ0) is 14.8. The maximum atomic E-state index is 12.4. The van der Waals surface area contributed by atoms with E-state index in [1.807, 2.05) is 0 Å². The topological polar surface area (TPSA) is 63.7 Å². The van der Waals surface area contributed by atoms with Crippen LogP contribution in [-0.2, 0) is 13.8 Å². The third-order valence-corrected chi connectivity index (χ3v) is 4.82. The Balaban J connectivity index is 2.23. The van der Waals surface area contributed by atoms with Gasteiger partial charge in [0.05, 0.1) is 16.6 Å². The van der Waals surface area contributed by atoms with Crippen molar-refractivity contribution in [3.8, 4) is 0 Å². The molecule has 0 aromatic heterocycles. The van der Waals surface area contributed by atoms with Crippen LogP contribution in [0.3, 0.4) is 0 Å². The van der Waals surface area contributed by atoms with Crippen molar-refractivity contribution in [2.24, 2.45) is 0 Å². The zero-order valence-corrected chi connectivity index (χ0v) is 12.7. The van der Waals surface area contributed by atoms with Crippen LogP contribution in [0.2, 0.25) is 0 Å². The van der Waals surface area contributed by atoms with Gasteiger partial charge in [-0.15, -0.1) is 0 Å². The van der Waals surface area contributed by atoms with Crippen LogP contribution in [0.25, 0.3) is 0 Å². The Bertz CT molecular complexity index is 594. The van der Waals surface area contributed by atoms with Crippen molar-refractivity contribution in [1.82, 2.24) is 4.90 Å². The number of hydrogen-bond acceptors (Lipinski definition) is 4. The normalized spacial score (nSPS) is 17.2. The van der Waals surface area contributed by atoms with E-state index >= 15 is 0 Å². The predicted molar refractivity (Wildman–Crippen MR) is 75.4 cm³/mol. The van der Waals surface area contributed by atoms with Gasteiger partial charge in [0.25, 0.3) is 15.0 Å². The predicted octanol–water partition coefficient (Wildman–Crippen LogP) is 1.87. The summed E-state index contributed by atoms with van der Waals surface area (Å²) >= 11 is 0. The molecule has 1 aromatic carbocycles. The van der Waals surface area contributed by atoms with E-state index in [0.29, 0.717) is 13.1 Å². The van der Waals surface area contributed by atoms with E-state index in [2.05, 4.69) is 0 Å². The van der Waals surface area contributed by atoms with Crippen LogP contribution in [0.1, 0.15) is 23.2 Å². The number of hydrogen-bond donors (Lipinski definition) is 0. The van der Waals surface area contributed by atoms with Gasteiger partial charge >= 0.3 is 0 Å². The van der Waals surface area contributed by atoms with E-state index in [4.69, 9.17) is 15.4 Å². The molecular weight excluding hydrogens is 302 g/mol. The number of rotatable bonds is 3. The van der Waals surface area contributed by atoms with Crippen LogP contribution < -0.4 is 0 Å². The summed E-state index contributed by atoms with van der Waals surface area (Å²) in [7, 11) is 3.09. The molecule has 1 aliphatic heterocycles. The minimum absolute atomic E-state index is 0.123. The molecule has 20 heavy (non-hydrogen) atoms. The maximum absolute atomic E-state index is 12.4. The molecule has 0 N–H and O–H groups in total. The van der Waals surface area contributed by atoms with E-state index in [-0.39, 0.29) is 22.5 Å².